The van der Waals surface area contributed by atoms with E-state index in [0.29, 0.717) is 0 Å². The number of furan rings is 1. The molecule has 0 saturated heterocycles. The molecule has 0 aromatic carbocycles. The van der Waals surface area contributed by atoms with Crippen molar-refractivity contribution in [3.05, 3.63) is 22.6 Å². The third-order valence-electron chi connectivity index (χ3n) is 1.15. The Labute approximate surface area is 68.5 Å². The summed E-state index contributed by atoms with van der Waals surface area (Å²) < 4.78 is 6.00. The fraction of sp³-hybridized carbons (Fsp3) is 0.429. The van der Waals surface area contributed by atoms with Crippen molar-refractivity contribution in [2.45, 2.75) is 19.4 Å². The summed E-state index contributed by atoms with van der Waals surface area (Å²) in [4.78, 5) is 0. The zero-order valence-corrected chi connectivity index (χ0v) is 7.39. The molecule has 0 unspecified atom stereocenters. The van der Waals surface area contributed by atoms with Crippen molar-refractivity contribution < 1.29 is 4.42 Å². The summed E-state index contributed by atoms with van der Waals surface area (Å²) in [5, 5.41) is 0. The van der Waals surface area contributed by atoms with Gasteiger partial charge in [0.05, 0.1) is 0 Å². The first-order chi connectivity index (χ1) is 4.68. The monoisotopic (exact) mass is 203 g/mol. The Bertz CT molecular complexity index is 207. The van der Waals surface area contributed by atoms with Crippen molar-refractivity contribution in [1.82, 2.24) is 0 Å². The van der Waals surface area contributed by atoms with E-state index in [1.807, 2.05) is 19.1 Å². The second kappa shape index (κ2) is 3.21. The minimum Gasteiger partial charge on any atom is -0.454 e. The normalized spacial score (nSPS) is 13.5. The minimum atomic E-state index is 0.165. The quantitative estimate of drug-likeness (QED) is 0.799. The highest BCUT2D eigenvalue weighted by molar-refractivity contribution is 9.10. The van der Waals surface area contributed by atoms with E-state index in [9.17, 15) is 0 Å². The van der Waals surface area contributed by atoms with Crippen LogP contribution in [0.15, 0.2) is 21.2 Å². The van der Waals surface area contributed by atoms with E-state index in [4.69, 9.17) is 10.2 Å². The minimum absolute atomic E-state index is 0.165. The Kier molecular flexibility index (Phi) is 2.51. The van der Waals surface area contributed by atoms with Crippen molar-refractivity contribution in [2.24, 2.45) is 5.73 Å². The molecular formula is C7H10BrNO. The fourth-order valence-corrected chi connectivity index (χ4v) is 1.12. The molecule has 10 heavy (non-hydrogen) atoms. The van der Waals surface area contributed by atoms with Crippen LogP contribution in [0.5, 0.6) is 0 Å². The fourth-order valence-electron chi connectivity index (χ4n) is 0.779. The van der Waals surface area contributed by atoms with Crippen LogP contribution in [0.4, 0.5) is 0 Å². The molecule has 0 radical (unpaired) electrons. The van der Waals surface area contributed by atoms with Crippen LogP contribution in [-0.4, -0.2) is 6.04 Å². The lowest BCUT2D eigenvalue weighted by molar-refractivity contribution is 0.473. The smallest absolute Gasteiger partial charge is 0.169 e. The van der Waals surface area contributed by atoms with E-state index in [1.54, 1.807) is 0 Å². The maximum absolute atomic E-state index is 5.56. The molecule has 0 bridgehead atoms. The second-order valence-electron chi connectivity index (χ2n) is 2.39. The van der Waals surface area contributed by atoms with E-state index in [2.05, 4.69) is 15.9 Å². The number of nitrogens with two attached hydrogens (primary N) is 1. The van der Waals surface area contributed by atoms with Crippen LogP contribution in [0.2, 0.25) is 0 Å². The van der Waals surface area contributed by atoms with Crippen LogP contribution < -0.4 is 5.73 Å². The summed E-state index contributed by atoms with van der Waals surface area (Å²) in [6.45, 7) is 1.95. The molecule has 2 nitrogen and oxygen atoms in total. The van der Waals surface area contributed by atoms with Gasteiger partial charge in [-0.15, -0.1) is 0 Å². The highest BCUT2D eigenvalue weighted by Gasteiger charge is 2.01. The molecule has 2 N–H and O–H groups in total. The summed E-state index contributed by atoms with van der Waals surface area (Å²) in [5.74, 6) is 0.932. The van der Waals surface area contributed by atoms with Gasteiger partial charge in [-0.3, -0.25) is 0 Å². The zero-order chi connectivity index (χ0) is 7.56. The molecule has 0 fully saturated rings. The Morgan fingerprint density at radius 1 is 1.70 bits per heavy atom. The van der Waals surface area contributed by atoms with Crippen molar-refractivity contribution in [3.8, 4) is 0 Å². The number of rotatable bonds is 2. The number of hydrogen-bond donors (Lipinski definition) is 1. The first-order valence-electron chi connectivity index (χ1n) is 3.18. The Morgan fingerprint density at radius 2 is 2.40 bits per heavy atom. The predicted molar refractivity (Wildman–Crippen MR) is 43.8 cm³/mol. The van der Waals surface area contributed by atoms with Crippen molar-refractivity contribution in [2.75, 3.05) is 0 Å². The van der Waals surface area contributed by atoms with Crippen molar-refractivity contribution in [3.63, 3.8) is 0 Å². The third kappa shape index (κ3) is 2.15. The molecule has 3 heteroatoms. The van der Waals surface area contributed by atoms with Gasteiger partial charge in [-0.05, 0) is 35.0 Å². The zero-order valence-electron chi connectivity index (χ0n) is 5.80. The van der Waals surface area contributed by atoms with Crippen LogP contribution in [-0.2, 0) is 6.42 Å². The molecular weight excluding hydrogens is 194 g/mol. The Morgan fingerprint density at radius 3 is 2.80 bits per heavy atom. The van der Waals surface area contributed by atoms with Crippen LogP contribution in [0.3, 0.4) is 0 Å². The van der Waals surface area contributed by atoms with Gasteiger partial charge in [-0.1, -0.05) is 0 Å². The highest BCUT2D eigenvalue weighted by atomic mass is 79.9. The van der Waals surface area contributed by atoms with Gasteiger partial charge in [-0.2, -0.15) is 0 Å². The second-order valence-corrected chi connectivity index (χ2v) is 3.17. The van der Waals surface area contributed by atoms with Gasteiger partial charge in [0.15, 0.2) is 4.67 Å². The molecule has 0 spiro atoms. The third-order valence-corrected chi connectivity index (χ3v) is 1.58. The van der Waals surface area contributed by atoms with E-state index < -0.39 is 0 Å². The van der Waals surface area contributed by atoms with Crippen LogP contribution in [0.25, 0.3) is 0 Å². The largest absolute Gasteiger partial charge is 0.454 e. The highest BCUT2D eigenvalue weighted by Crippen LogP contribution is 2.14. The lowest BCUT2D eigenvalue weighted by atomic mass is 10.2. The predicted octanol–water partition coefficient (Wildman–Crippen LogP) is 1.93. The van der Waals surface area contributed by atoms with Gasteiger partial charge in [0.2, 0.25) is 0 Å². The summed E-state index contributed by atoms with van der Waals surface area (Å²) in [7, 11) is 0. The first-order valence-corrected chi connectivity index (χ1v) is 3.97. The molecule has 56 valence electrons. The first kappa shape index (κ1) is 7.82. The van der Waals surface area contributed by atoms with Gasteiger partial charge in [0.25, 0.3) is 0 Å². The molecule has 0 aliphatic heterocycles. The molecule has 1 rings (SSSR count). The van der Waals surface area contributed by atoms with E-state index in [1.165, 1.54) is 0 Å². The molecule has 0 aliphatic carbocycles. The van der Waals surface area contributed by atoms with Gasteiger partial charge in [-0.25, -0.2) is 0 Å². The summed E-state index contributed by atoms with van der Waals surface area (Å²) >= 11 is 3.21. The Hall–Kier alpha value is -0.280. The average molecular weight is 204 g/mol. The number of hydrogen-bond acceptors (Lipinski definition) is 2. The summed E-state index contributed by atoms with van der Waals surface area (Å²) in [5.41, 5.74) is 5.56. The van der Waals surface area contributed by atoms with Crippen LogP contribution in [0, 0.1) is 0 Å². The van der Waals surface area contributed by atoms with Gasteiger partial charge in [0, 0.05) is 12.5 Å². The van der Waals surface area contributed by atoms with Gasteiger partial charge >= 0.3 is 0 Å². The number of halogens is 1. The standard InChI is InChI=1S/C7H10BrNO/c1-5(9)4-6-2-3-7(8)10-6/h2-3,5H,4,9H2,1H3/t5-/m0/s1. The van der Waals surface area contributed by atoms with Gasteiger partial charge < -0.3 is 10.2 Å². The summed E-state index contributed by atoms with van der Waals surface area (Å²) in [6.07, 6.45) is 0.797. The molecule has 1 aromatic heterocycles. The molecule has 1 atom stereocenters. The van der Waals surface area contributed by atoms with Crippen LogP contribution >= 0.6 is 15.9 Å². The molecule has 1 aromatic rings. The van der Waals surface area contributed by atoms with Crippen LogP contribution in [0.1, 0.15) is 12.7 Å². The van der Waals surface area contributed by atoms with Crippen molar-refractivity contribution in [1.29, 1.82) is 0 Å². The molecule has 0 saturated carbocycles. The summed E-state index contributed by atoms with van der Waals surface area (Å²) in [6, 6.07) is 3.96. The lowest BCUT2D eigenvalue weighted by Crippen LogP contribution is -2.17. The average Bonchev–Trinajstić information content (AvgIpc) is 2.13. The molecule has 0 amide bonds. The SMILES string of the molecule is C[C@H](N)Cc1ccc(Br)o1. The Balaban J connectivity index is 2.58. The molecule has 1 heterocycles. The van der Waals surface area contributed by atoms with E-state index in [-0.39, 0.29) is 6.04 Å². The maximum atomic E-state index is 5.56. The topological polar surface area (TPSA) is 39.2 Å². The maximum Gasteiger partial charge on any atom is 0.169 e. The van der Waals surface area contributed by atoms with Crippen molar-refractivity contribution >= 4 is 15.9 Å². The van der Waals surface area contributed by atoms with E-state index in [0.717, 1.165) is 16.9 Å². The van der Waals surface area contributed by atoms with E-state index >= 15 is 0 Å². The molecule has 0 aliphatic rings. The van der Waals surface area contributed by atoms with Gasteiger partial charge in [0.1, 0.15) is 5.76 Å². The lowest BCUT2D eigenvalue weighted by Gasteiger charge is -1.98.